The van der Waals surface area contributed by atoms with Crippen molar-refractivity contribution in [2.75, 3.05) is 0 Å². The summed E-state index contributed by atoms with van der Waals surface area (Å²) in [4.78, 5) is 10.5. The molecule has 0 bridgehead atoms. The molecule has 0 radical (unpaired) electrons. The molecule has 4 nitrogen and oxygen atoms in total. The molecule has 0 aliphatic carbocycles. The summed E-state index contributed by atoms with van der Waals surface area (Å²) in [7, 11) is 0. The first kappa shape index (κ1) is 38.8. The van der Waals surface area contributed by atoms with Gasteiger partial charge in [-0.15, -0.1) is 0 Å². The van der Waals surface area contributed by atoms with E-state index in [4.69, 9.17) is 18.8 Å². The molecule has 0 spiro atoms. The van der Waals surface area contributed by atoms with Crippen LogP contribution < -0.4 is 0 Å². The lowest BCUT2D eigenvalue weighted by molar-refractivity contribution is 0.633. The van der Waals surface area contributed by atoms with Crippen LogP contribution in [0.5, 0.6) is 0 Å². The molecule has 310 valence electrons. The van der Waals surface area contributed by atoms with E-state index in [-0.39, 0.29) is 0 Å². The Morgan fingerprint density at radius 3 is 1.03 bits per heavy atom. The quantitative estimate of drug-likeness (QED) is 0.145. The van der Waals surface area contributed by atoms with Crippen molar-refractivity contribution < 1.29 is 8.83 Å². The number of furan rings is 2. The smallest absolute Gasteiger partial charge is 0.160 e. The van der Waals surface area contributed by atoms with Crippen LogP contribution in [0.4, 0.5) is 0 Å². The normalized spacial score (nSPS) is 11.3. The molecule has 0 atom stereocenters. The number of para-hydroxylation sites is 2. The second-order valence-electron chi connectivity index (χ2n) is 16.4. The first-order chi connectivity index (χ1) is 32.7. The third kappa shape index (κ3) is 7.08. The largest absolute Gasteiger partial charge is 0.455 e. The van der Waals surface area contributed by atoms with E-state index >= 15 is 0 Å². The van der Waals surface area contributed by atoms with Crippen LogP contribution in [0.1, 0.15) is 0 Å². The SMILES string of the molecule is c1ccc(-c2cc(-c3cc(-c4cccc5c(-c6ccccc6)c(-c6ccccc6)oc45)cc(-c4cccc5c(-c6ccccc6)c(-c6ccccc6)oc45)c3)nc(-c3ccccc3)n2)cc1. The van der Waals surface area contributed by atoms with E-state index in [9.17, 15) is 0 Å². The predicted molar refractivity (Wildman–Crippen MR) is 270 cm³/mol. The van der Waals surface area contributed by atoms with Gasteiger partial charge in [0.15, 0.2) is 5.82 Å². The van der Waals surface area contributed by atoms with Gasteiger partial charge >= 0.3 is 0 Å². The Bertz CT molecular complexity index is 3420. The number of benzene rings is 9. The summed E-state index contributed by atoms with van der Waals surface area (Å²) >= 11 is 0. The van der Waals surface area contributed by atoms with Crippen molar-refractivity contribution >= 4 is 21.9 Å². The highest BCUT2D eigenvalue weighted by molar-refractivity contribution is 6.09. The molecule has 0 fully saturated rings. The molecule has 0 amide bonds. The van der Waals surface area contributed by atoms with Crippen molar-refractivity contribution in [2.45, 2.75) is 0 Å². The van der Waals surface area contributed by atoms with Gasteiger partial charge < -0.3 is 8.83 Å². The Kier molecular flexibility index (Phi) is 9.81. The number of nitrogens with zero attached hydrogens (tertiary/aromatic N) is 2. The summed E-state index contributed by atoms with van der Waals surface area (Å²) in [5, 5.41) is 2.08. The molecule has 0 N–H and O–H groups in total. The molecule has 0 aliphatic heterocycles. The molecular weight excluding hydrogens is 805 g/mol. The molecule has 12 aromatic rings. The maximum Gasteiger partial charge on any atom is 0.160 e. The van der Waals surface area contributed by atoms with E-state index in [1.165, 1.54) is 0 Å². The zero-order chi connectivity index (χ0) is 43.8. The highest BCUT2D eigenvalue weighted by Crippen LogP contribution is 2.48. The topological polar surface area (TPSA) is 52.1 Å². The van der Waals surface area contributed by atoms with Gasteiger partial charge in [0.2, 0.25) is 0 Å². The van der Waals surface area contributed by atoms with Gasteiger partial charge in [0.1, 0.15) is 22.7 Å². The monoisotopic (exact) mass is 844 g/mol. The van der Waals surface area contributed by atoms with Gasteiger partial charge in [-0.05, 0) is 46.5 Å². The molecule has 66 heavy (non-hydrogen) atoms. The van der Waals surface area contributed by atoms with Crippen LogP contribution in [0, 0.1) is 0 Å². The molecule has 9 aromatic carbocycles. The molecule has 0 saturated carbocycles. The first-order valence-corrected chi connectivity index (χ1v) is 22.2. The second-order valence-corrected chi connectivity index (χ2v) is 16.4. The van der Waals surface area contributed by atoms with Crippen molar-refractivity contribution in [2.24, 2.45) is 0 Å². The van der Waals surface area contributed by atoms with Crippen LogP contribution in [-0.2, 0) is 0 Å². The summed E-state index contributed by atoms with van der Waals surface area (Å²) in [5.41, 5.74) is 16.4. The fourth-order valence-corrected chi connectivity index (χ4v) is 9.22. The summed E-state index contributed by atoms with van der Waals surface area (Å²) in [6, 6.07) is 84.2. The van der Waals surface area contributed by atoms with Crippen molar-refractivity contribution in [3.8, 4) is 101 Å². The van der Waals surface area contributed by atoms with Crippen LogP contribution in [0.2, 0.25) is 0 Å². The first-order valence-electron chi connectivity index (χ1n) is 22.2. The zero-order valence-electron chi connectivity index (χ0n) is 35.8. The molecule has 12 rings (SSSR count). The number of rotatable bonds is 9. The lowest BCUT2D eigenvalue weighted by Gasteiger charge is -2.14. The summed E-state index contributed by atoms with van der Waals surface area (Å²) in [6.07, 6.45) is 0. The Balaban J connectivity index is 1.14. The minimum Gasteiger partial charge on any atom is -0.455 e. The summed E-state index contributed by atoms with van der Waals surface area (Å²) < 4.78 is 14.2. The third-order valence-corrected chi connectivity index (χ3v) is 12.3. The van der Waals surface area contributed by atoms with E-state index in [0.29, 0.717) is 5.82 Å². The van der Waals surface area contributed by atoms with E-state index in [1.54, 1.807) is 0 Å². The van der Waals surface area contributed by atoms with E-state index in [2.05, 4.69) is 194 Å². The number of hydrogen-bond donors (Lipinski definition) is 0. The average Bonchev–Trinajstić information content (AvgIpc) is 4.00. The Morgan fingerprint density at radius 2 is 0.606 bits per heavy atom. The Labute approximate surface area is 382 Å². The van der Waals surface area contributed by atoms with Gasteiger partial charge in [-0.1, -0.05) is 218 Å². The lowest BCUT2D eigenvalue weighted by atomic mass is 9.91. The zero-order valence-corrected chi connectivity index (χ0v) is 35.8. The van der Waals surface area contributed by atoms with Gasteiger partial charge in [-0.3, -0.25) is 0 Å². The van der Waals surface area contributed by atoms with E-state index in [1.807, 2.05) is 48.5 Å². The van der Waals surface area contributed by atoms with Crippen LogP contribution in [0.25, 0.3) is 123 Å². The van der Waals surface area contributed by atoms with Crippen molar-refractivity contribution in [1.29, 1.82) is 0 Å². The summed E-state index contributed by atoms with van der Waals surface area (Å²) in [5.74, 6) is 2.32. The van der Waals surface area contributed by atoms with E-state index in [0.717, 1.165) is 117 Å². The Morgan fingerprint density at radius 1 is 0.258 bits per heavy atom. The van der Waals surface area contributed by atoms with Crippen molar-refractivity contribution in [3.05, 3.63) is 243 Å². The molecule has 3 aromatic heterocycles. The van der Waals surface area contributed by atoms with Gasteiger partial charge in [0, 0.05) is 60.8 Å². The Hall–Kier alpha value is -8.86. The number of hydrogen-bond acceptors (Lipinski definition) is 4. The maximum atomic E-state index is 7.11. The van der Waals surface area contributed by atoms with Gasteiger partial charge in [0.05, 0.1) is 11.4 Å². The van der Waals surface area contributed by atoms with Gasteiger partial charge in [-0.2, -0.15) is 0 Å². The molecule has 0 unspecified atom stereocenters. The molecule has 3 heterocycles. The number of aromatic nitrogens is 2. The molecular formula is C62H40N2O2. The van der Waals surface area contributed by atoms with Gasteiger partial charge in [0.25, 0.3) is 0 Å². The minimum absolute atomic E-state index is 0.653. The van der Waals surface area contributed by atoms with E-state index < -0.39 is 0 Å². The predicted octanol–water partition coefficient (Wildman–Crippen LogP) is 17.0. The van der Waals surface area contributed by atoms with Crippen molar-refractivity contribution in [1.82, 2.24) is 9.97 Å². The van der Waals surface area contributed by atoms with Gasteiger partial charge in [-0.25, -0.2) is 9.97 Å². The maximum absolute atomic E-state index is 7.11. The van der Waals surface area contributed by atoms with Crippen LogP contribution in [-0.4, -0.2) is 9.97 Å². The van der Waals surface area contributed by atoms with Crippen molar-refractivity contribution in [3.63, 3.8) is 0 Å². The second kappa shape index (κ2) is 16.7. The number of fused-ring (bicyclic) bond motifs is 2. The third-order valence-electron chi connectivity index (χ3n) is 12.3. The van der Waals surface area contributed by atoms with Crippen LogP contribution >= 0.6 is 0 Å². The van der Waals surface area contributed by atoms with Crippen LogP contribution in [0.15, 0.2) is 251 Å². The highest BCUT2D eigenvalue weighted by atomic mass is 16.3. The lowest BCUT2D eigenvalue weighted by Crippen LogP contribution is -1.96. The molecule has 0 aliphatic rings. The fraction of sp³-hybridized carbons (Fsp3) is 0. The standard InChI is InChI=1S/C62H40N2O2/c1-7-21-41(22-8-1)54-40-55(64-62(63-54)46-31-17-6-18-32-46)49-38-47(50-33-19-35-52-56(42-23-9-2-10-24-42)58(65-60(50)52)44-27-13-4-14-28-44)37-48(39-49)51-34-20-36-53-57(43-25-11-3-12-26-43)59(66-61(51)53)45-29-15-5-16-30-45/h1-40H. The minimum atomic E-state index is 0.653. The van der Waals surface area contributed by atoms with Crippen LogP contribution in [0.3, 0.4) is 0 Å². The molecule has 4 heteroatoms. The average molecular weight is 845 g/mol. The fourth-order valence-electron chi connectivity index (χ4n) is 9.22. The molecule has 0 saturated heterocycles. The summed E-state index contributed by atoms with van der Waals surface area (Å²) in [6.45, 7) is 0. The highest BCUT2D eigenvalue weighted by Gasteiger charge is 2.24.